The molecule has 4 unspecified atom stereocenters. The lowest BCUT2D eigenvalue weighted by molar-refractivity contribution is -0.155. The number of nitrogens with zero attached hydrogens (tertiary/aromatic N) is 1. The molecular weight excluding hydrogens is 334 g/mol. The highest BCUT2D eigenvalue weighted by Crippen LogP contribution is 2.50. The van der Waals surface area contributed by atoms with E-state index in [1.54, 1.807) is 11.8 Å². The lowest BCUT2D eigenvalue weighted by atomic mass is 10.1. The van der Waals surface area contributed by atoms with Crippen LogP contribution in [0.3, 0.4) is 0 Å². The first-order valence-electron chi connectivity index (χ1n) is 9.20. The molecule has 2 aliphatic rings. The minimum absolute atomic E-state index is 0.00354. The smallest absolute Gasteiger partial charge is 0.329 e. The van der Waals surface area contributed by atoms with E-state index in [0.717, 1.165) is 12.8 Å². The molecule has 1 heterocycles. The Bertz CT molecular complexity index is 619. The Labute approximate surface area is 154 Å². The van der Waals surface area contributed by atoms with Crippen LogP contribution in [0.25, 0.3) is 0 Å². The number of carbonyl (C=O) groups excluding carboxylic acids is 2. The summed E-state index contributed by atoms with van der Waals surface area (Å²) in [5, 5.41) is 0.0590. The van der Waals surface area contributed by atoms with Crippen molar-refractivity contribution in [3.05, 3.63) is 35.9 Å². The van der Waals surface area contributed by atoms with Crippen molar-refractivity contribution in [3.8, 4) is 0 Å². The van der Waals surface area contributed by atoms with Crippen LogP contribution in [0.5, 0.6) is 0 Å². The van der Waals surface area contributed by atoms with E-state index in [4.69, 9.17) is 4.74 Å². The van der Waals surface area contributed by atoms with Gasteiger partial charge in [-0.1, -0.05) is 51.1 Å². The van der Waals surface area contributed by atoms with Crippen molar-refractivity contribution in [2.24, 2.45) is 11.8 Å². The zero-order valence-corrected chi connectivity index (χ0v) is 16.0. The topological polar surface area (TPSA) is 46.6 Å². The molecule has 4 atom stereocenters. The summed E-state index contributed by atoms with van der Waals surface area (Å²) < 4.78 is 5.35. The number of amides is 1. The number of carbonyl (C=O) groups is 2. The van der Waals surface area contributed by atoms with Gasteiger partial charge in [0.1, 0.15) is 6.04 Å². The summed E-state index contributed by atoms with van der Waals surface area (Å²) in [6.45, 7) is 6.62. The minimum Gasteiger partial charge on any atom is -0.464 e. The molecule has 0 N–H and O–H groups in total. The van der Waals surface area contributed by atoms with Gasteiger partial charge in [-0.3, -0.25) is 4.79 Å². The van der Waals surface area contributed by atoms with Crippen LogP contribution in [-0.2, 0) is 14.3 Å². The third-order valence-corrected chi connectivity index (χ3v) is 6.54. The zero-order chi connectivity index (χ0) is 18.0. The van der Waals surface area contributed by atoms with Gasteiger partial charge < -0.3 is 9.64 Å². The molecule has 1 aromatic rings. The van der Waals surface area contributed by atoms with E-state index in [0.29, 0.717) is 24.2 Å². The van der Waals surface area contributed by atoms with E-state index >= 15 is 0 Å². The first-order chi connectivity index (χ1) is 12.0. The third-order valence-electron chi connectivity index (χ3n) is 4.92. The summed E-state index contributed by atoms with van der Waals surface area (Å²) >= 11 is 1.70. The highest BCUT2D eigenvalue weighted by molar-refractivity contribution is 8.00. The van der Waals surface area contributed by atoms with Crippen molar-refractivity contribution in [1.82, 2.24) is 4.90 Å². The van der Waals surface area contributed by atoms with Gasteiger partial charge in [0.15, 0.2) is 0 Å². The van der Waals surface area contributed by atoms with Crippen molar-refractivity contribution in [1.29, 1.82) is 0 Å². The molecule has 1 saturated carbocycles. The molecule has 25 heavy (non-hydrogen) atoms. The number of hydrogen-bond acceptors (Lipinski definition) is 4. The number of benzene rings is 1. The molecule has 1 aliphatic carbocycles. The van der Waals surface area contributed by atoms with E-state index in [1.807, 2.05) is 30.0 Å². The zero-order valence-electron chi connectivity index (χ0n) is 15.2. The van der Waals surface area contributed by atoms with E-state index in [1.165, 1.54) is 5.56 Å². The maximum atomic E-state index is 13.2. The number of rotatable bonds is 6. The fourth-order valence-electron chi connectivity index (χ4n) is 3.53. The highest BCUT2D eigenvalue weighted by Gasteiger charge is 2.52. The van der Waals surface area contributed by atoms with Crippen LogP contribution < -0.4 is 0 Å². The standard InChI is InChI=1S/C20H27NO3S/c1-4-10-24-20(23)17-12-25-19(13(2)3)21(17)18(22)16-11-15(16)14-8-6-5-7-9-14/h5-9,13,15-17,19H,4,10-12H2,1-3H3. The predicted octanol–water partition coefficient (Wildman–Crippen LogP) is 3.67. The fraction of sp³-hybridized carbons (Fsp3) is 0.600. The first kappa shape index (κ1) is 18.3. The molecule has 3 rings (SSSR count). The Morgan fingerprint density at radius 2 is 2.00 bits per heavy atom. The van der Waals surface area contributed by atoms with Gasteiger partial charge in [-0.15, -0.1) is 11.8 Å². The second-order valence-corrected chi connectivity index (χ2v) is 8.41. The van der Waals surface area contributed by atoms with Gasteiger partial charge in [0, 0.05) is 11.7 Å². The molecule has 1 aliphatic heterocycles. The lowest BCUT2D eigenvalue weighted by Gasteiger charge is -2.30. The molecular formula is C20H27NO3S. The number of ether oxygens (including phenoxy) is 1. The second kappa shape index (κ2) is 7.81. The Morgan fingerprint density at radius 3 is 2.64 bits per heavy atom. The van der Waals surface area contributed by atoms with E-state index in [2.05, 4.69) is 26.0 Å². The van der Waals surface area contributed by atoms with E-state index in [-0.39, 0.29) is 23.2 Å². The van der Waals surface area contributed by atoms with Gasteiger partial charge in [0.05, 0.1) is 12.0 Å². The Kier molecular flexibility index (Phi) is 5.72. The fourth-order valence-corrected chi connectivity index (χ4v) is 5.00. The molecule has 0 radical (unpaired) electrons. The average molecular weight is 362 g/mol. The predicted molar refractivity (Wildman–Crippen MR) is 100 cm³/mol. The summed E-state index contributed by atoms with van der Waals surface area (Å²) in [5.41, 5.74) is 1.22. The molecule has 0 spiro atoms. The molecule has 1 amide bonds. The third kappa shape index (κ3) is 3.86. The van der Waals surface area contributed by atoms with Gasteiger partial charge in [-0.05, 0) is 30.2 Å². The van der Waals surface area contributed by atoms with Gasteiger partial charge >= 0.3 is 5.97 Å². The minimum atomic E-state index is -0.437. The Morgan fingerprint density at radius 1 is 1.28 bits per heavy atom. The van der Waals surface area contributed by atoms with Crippen LogP contribution in [-0.4, -0.2) is 40.6 Å². The molecule has 2 fully saturated rings. The van der Waals surface area contributed by atoms with Crippen molar-refractivity contribution < 1.29 is 14.3 Å². The Hall–Kier alpha value is -1.49. The number of esters is 1. The van der Waals surface area contributed by atoms with Crippen molar-refractivity contribution in [2.75, 3.05) is 12.4 Å². The van der Waals surface area contributed by atoms with E-state index in [9.17, 15) is 9.59 Å². The summed E-state index contributed by atoms with van der Waals surface area (Å²) in [6, 6.07) is 9.76. The maximum absolute atomic E-state index is 13.2. The normalized spacial score (nSPS) is 28.2. The van der Waals surface area contributed by atoms with Gasteiger partial charge in [-0.25, -0.2) is 4.79 Å². The number of hydrogen-bond donors (Lipinski definition) is 0. The van der Waals surface area contributed by atoms with Crippen LogP contribution in [0.2, 0.25) is 0 Å². The van der Waals surface area contributed by atoms with Gasteiger partial charge in [0.25, 0.3) is 0 Å². The molecule has 0 bridgehead atoms. The summed E-state index contributed by atoms with van der Waals surface area (Å²) in [5.74, 6) is 1.12. The number of thioether (sulfide) groups is 1. The first-order valence-corrected chi connectivity index (χ1v) is 10.2. The lowest BCUT2D eigenvalue weighted by Crippen LogP contribution is -2.48. The Balaban J connectivity index is 1.73. The van der Waals surface area contributed by atoms with Crippen LogP contribution in [0, 0.1) is 11.8 Å². The highest BCUT2D eigenvalue weighted by atomic mass is 32.2. The quantitative estimate of drug-likeness (QED) is 0.725. The summed E-state index contributed by atoms with van der Waals surface area (Å²) in [4.78, 5) is 27.5. The average Bonchev–Trinajstić information content (AvgIpc) is 3.29. The van der Waals surface area contributed by atoms with Crippen molar-refractivity contribution >= 4 is 23.6 Å². The largest absolute Gasteiger partial charge is 0.464 e. The van der Waals surface area contributed by atoms with Crippen LogP contribution in [0.4, 0.5) is 0 Å². The van der Waals surface area contributed by atoms with Gasteiger partial charge in [0.2, 0.25) is 5.91 Å². The SMILES string of the molecule is CCCOC(=O)C1CSC(C(C)C)N1C(=O)C1CC1c1ccccc1. The summed E-state index contributed by atoms with van der Waals surface area (Å²) in [7, 11) is 0. The molecule has 5 heteroatoms. The van der Waals surface area contributed by atoms with Crippen LogP contribution >= 0.6 is 11.8 Å². The van der Waals surface area contributed by atoms with Crippen LogP contribution in [0.1, 0.15) is 45.1 Å². The molecule has 4 nitrogen and oxygen atoms in total. The molecule has 136 valence electrons. The van der Waals surface area contributed by atoms with Crippen molar-refractivity contribution in [3.63, 3.8) is 0 Å². The maximum Gasteiger partial charge on any atom is 0.329 e. The van der Waals surface area contributed by atoms with Crippen LogP contribution in [0.15, 0.2) is 30.3 Å². The second-order valence-electron chi connectivity index (χ2n) is 7.26. The van der Waals surface area contributed by atoms with Gasteiger partial charge in [-0.2, -0.15) is 0 Å². The van der Waals surface area contributed by atoms with E-state index < -0.39 is 6.04 Å². The monoisotopic (exact) mass is 361 g/mol. The summed E-state index contributed by atoms with van der Waals surface area (Å²) in [6.07, 6.45) is 1.68. The molecule has 1 aromatic carbocycles. The molecule has 1 saturated heterocycles. The van der Waals surface area contributed by atoms with Crippen molar-refractivity contribution in [2.45, 2.75) is 50.9 Å². The molecule has 0 aromatic heterocycles.